The fraction of sp³-hybridized carbons (Fsp3) is 0.154. The van der Waals surface area contributed by atoms with E-state index in [0.29, 0.717) is 0 Å². The third kappa shape index (κ3) is 2.37. The van der Waals surface area contributed by atoms with E-state index in [2.05, 4.69) is 10.3 Å². The molecule has 0 unspecified atom stereocenters. The molecule has 0 atom stereocenters. The number of anilines is 1. The highest BCUT2D eigenvalue weighted by Crippen LogP contribution is 2.20. The number of aromatic nitrogens is 1. The van der Waals surface area contributed by atoms with Gasteiger partial charge in [-0.3, -0.25) is 4.98 Å². The average molecular weight is 216 g/mol. The maximum absolute atomic E-state index is 12.8. The van der Waals surface area contributed by atoms with Gasteiger partial charge in [0.1, 0.15) is 5.82 Å². The molecular formula is C13H13FN2. The van der Waals surface area contributed by atoms with Crippen molar-refractivity contribution in [2.75, 3.05) is 11.9 Å². The SMILES string of the molecule is CCNc1ccnc(-c2ccc(F)cc2)c1. The molecule has 1 N–H and O–H groups in total. The lowest BCUT2D eigenvalue weighted by Gasteiger charge is -2.05. The first-order valence-corrected chi connectivity index (χ1v) is 5.25. The van der Waals surface area contributed by atoms with Crippen LogP contribution in [0.3, 0.4) is 0 Å². The molecule has 16 heavy (non-hydrogen) atoms. The lowest BCUT2D eigenvalue weighted by molar-refractivity contribution is 0.628. The van der Waals surface area contributed by atoms with E-state index in [1.54, 1.807) is 18.3 Å². The molecule has 82 valence electrons. The van der Waals surface area contributed by atoms with E-state index in [-0.39, 0.29) is 5.82 Å². The summed E-state index contributed by atoms with van der Waals surface area (Å²) in [5, 5.41) is 3.21. The molecule has 0 aliphatic rings. The van der Waals surface area contributed by atoms with Crippen molar-refractivity contribution in [3.05, 3.63) is 48.4 Å². The Kier molecular flexibility index (Phi) is 3.15. The average Bonchev–Trinajstić information content (AvgIpc) is 2.31. The van der Waals surface area contributed by atoms with Crippen LogP contribution >= 0.6 is 0 Å². The Bertz CT molecular complexity index is 466. The largest absolute Gasteiger partial charge is 0.385 e. The molecule has 0 saturated carbocycles. The van der Waals surface area contributed by atoms with Crippen LogP contribution in [0.1, 0.15) is 6.92 Å². The van der Waals surface area contributed by atoms with Gasteiger partial charge in [0.05, 0.1) is 5.69 Å². The maximum Gasteiger partial charge on any atom is 0.123 e. The first-order valence-electron chi connectivity index (χ1n) is 5.25. The molecular weight excluding hydrogens is 203 g/mol. The Morgan fingerprint density at radius 1 is 1.19 bits per heavy atom. The summed E-state index contributed by atoms with van der Waals surface area (Å²) >= 11 is 0. The number of nitrogens with one attached hydrogen (secondary N) is 1. The van der Waals surface area contributed by atoms with E-state index in [1.807, 2.05) is 19.1 Å². The van der Waals surface area contributed by atoms with Crippen molar-refractivity contribution in [3.8, 4) is 11.3 Å². The number of hydrogen-bond acceptors (Lipinski definition) is 2. The zero-order chi connectivity index (χ0) is 11.4. The van der Waals surface area contributed by atoms with Gasteiger partial charge < -0.3 is 5.32 Å². The lowest BCUT2D eigenvalue weighted by Crippen LogP contribution is -1.96. The maximum atomic E-state index is 12.8. The van der Waals surface area contributed by atoms with Crippen LogP contribution in [-0.2, 0) is 0 Å². The normalized spacial score (nSPS) is 10.1. The summed E-state index contributed by atoms with van der Waals surface area (Å²) in [4.78, 5) is 4.26. The van der Waals surface area contributed by atoms with Crippen molar-refractivity contribution in [2.24, 2.45) is 0 Å². The molecule has 1 aromatic heterocycles. The van der Waals surface area contributed by atoms with Crippen LogP contribution in [0.25, 0.3) is 11.3 Å². The summed E-state index contributed by atoms with van der Waals surface area (Å²) in [6.45, 7) is 2.91. The van der Waals surface area contributed by atoms with Gasteiger partial charge in [-0.1, -0.05) is 0 Å². The Morgan fingerprint density at radius 3 is 2.62 bits per heavy atom. The van der Waals surface area contributed by atoms with E-state index in [4.69, 9.17) is 0 Å². The first kappa shape index (κ1) is 10.6. The molecule has 0 amide bonds. The van der Waals surface area contributed by atoms with Gasteiger partial charge in [0.25, 0.3) is 0 Å². The van der Waals surface area contributed by atoms with Gasteiger partial charge in [0.2, 0.25) is 0 Å². The van der Waals surface area contributed by atoms with Crippen molar-refractivity contribution in [2.45, 2.75) is 6.92 Å². The predicted molar refractivity (Wildman–Crippen MR) is 63.8 cm³/mol. The van der Waals surface area contributed by atoms with Crippen LogP contribution in [0.5, 0.6) is 0 Å². The molecule has 0 aliphatic carbocycles. The van der Waals surface area contributed by atoms with Gasteiger partial charge in [-0.05, 0) is 43.3 Å². The third-order valence-corrected chi connectivity index (χ3v) is 2.28. The van der Waals surface area contributed by atoms with Crippen molar-refractivity contribution >= 4 is 5.69 Å². The smallest absolute Gasteiger partial charge is 0.123 e. The van der Waals surface area contributed by atoms with Gasteiger partial charge in [0, 0.05) is 24.0 Å². The van der Waals surface area contributed by atoms with Gasteiger partial charge in [-0.2, -0.15) is 0 Å². The number of pyridine rings is 1. The highest BCUT2D eigenvalue weighted by molar-refractivity contribution is 5.63. The van der Waals surface area contributed by atoms with Gasteiger partial charge in [0.15, 0.2) is 0 Å². The first-order chi connectivity index (χ1) is 7.79. The summed E-state index contributed by atoms with van der Waals surface area (Å²) in [6.07, 6.45) is 1.75. The molecule has 0 bridgehead atoms. The van der Waals surface area contributed by atoms with Crippen LogP contribution in [0.4, 0.5) is 10.1 Å². The number of nitrogens with zero attached hydrogens (tertiary/aromatic N) is 1. The summed E-state index contributed by atoms with van der Waals surface area (Å²) in [6, 6.07) is 10.2. The number of rotatable bonds is 3. The summed E-state index contributed by atoms with van der Waals surface area (Å²) in [5.41, 5.74) is 2.79. The van der Waals surface area contributed by atoms with Crippen LogP contribution in [0.15, 0.2) is 42.6 Å². The van der Waals surface area contributed by atoms with E-state index in [9.17, 15) is 4.39 Å². The molecule has 2 rings (SSSR count). The lowest BCUT2D eigenvalue weighted by atomic mass is 10.1. The standard InChI is InChI=1S/C13H13FN2/c1-2-15-12-7-8-16-13(9-12)10-3-5-11(14)6-4-10/h3-9H,2H2,1H3,(H,15,16). The molecule has 3 heteroatoms. The summed E-state index contributed by atoms with van der Waals surface area (Å²) in [7, 11) is 0. The molecule has 1 aromatic carbocycles. The van der Waals surface area contributed by atoms with E-state index < -0.39 is 0 Å². The summed E-state index contributed by atoms with van der Waals surface area (Å²) in [5.74, 6) is -0.230. The second kappa shape index (κ2) is 4.75. The summed E-state index contributed by atoms with van der Waals surface area (Å²) < 4.78 is 12.8. The highest BCUT2D eigenvalue weighted by Gasteiger charge is 2.00. The van der Waals surface area contributed by atoms with Gasteiger partial charge in [-0.15, -0.1) is 0 Å². The van der Waals surface area contributed by atoms with Gasteiger partial charge >= 0.3 is 0 Å². The van der Waals surface area contributed by atoms with E-state index in [1.165, 1.54) is 12.1 Å². The van der Waals surface area contributed by atoms with E-state index in [0.717, 1.165) is 23.5 Å². The minimum Gasteiger partial charge on any atom is -0.385 e. The zero-order valence-corrected chi connectivity index (χ0v) is 9.07. The number of hydrogen-bond donors (Lipinski definition) is 1. The second-order valence-corrected chi connectivity index (χ2v) is 3.47. The van der Waals surface area contributed by atoms with Crippen molar-refractivity contribution in [3.63, 3.8) is 0 Å². The molecule has 0 radical (unpaired) electrons. The Morgan fingerprint density at radius 2 is 1.94 bits per heavy atom. The molecule has 0 saturated heterocycles. The quantitative estimate of drug-likeness (QED) is 0.851. The highest BCUT2D eigenvalue weighted by atomic mass is 19.1. The fourth-order valence-electron chi connectivity index (χ4n) is 1.52. The number of halogens is 1. The topological polar surface area (TPSA) is 24.9 Å². The van der Waals surface area contributed by atoms with E-state index >= 15 is 0 Å². The molecule has 2 aromatic rings. The third-order valence-electron chi connectivity index (χ3n) is 2.28. The van der Waals surface area contributed by atoms with Crippen LogP contribution in [0, 0.1) is 5.82 Å². The van der Waals surface area contributed by atoms with Gasteiger partial charge in [-0.25, -0.2) is 4.39 Å². The minimum absolute atomic E-state index is 0.230. The zero-order valence-electron chi connectivity index (χ0n) is 9.07. The second-order valence-electron chi connectivity index (χ2n) is 3.47. The Labute approximate surface area is 94.2 Å². The van der Waals surface area contributed by atoms with Crippen molar-refractivity contribution in [1.29, 1.82) is 0 Å². The van der Waals surface area contributed by atoms with Crippen molar-refractivity contribution < 1.29 is 4.39 Å². The predicted octanol–water partition coefficient (Wildman–Crippen LogP) is 3.32. The number of benzene rings is 1. The molecule has 2 nitrogen and oxygen atoms in total. The van der Waals surface area contributed by atoms with Crippen LogP contribution < -0.4 is 5.32 Å². The van der Waals surface area contributed by atoms with Crippen molar-refractivity contribution in [1.82, 2.24) is 4.98 Å². The fourth-order valence-corrected chi connectivity index (χ4v) is 1.52. The van der Waals surface area contributed by atoms with Crippen LogP contribution in [0.2, 0.25) is 0 Å². The Hall–Kier alpha value is -1.90. The Balaban J connectivity index is 2.32. The molecule has 0 aliphatic heterocycles. The monoisotopic (exact) mass is 216 g/mol. The molecule has 0 fully saturated rings. The van der Waals surface area contributed by atoms with Crippen LogP contribution in [-0.4, -0.2) is 11.5 Å². The molecule has 0 spiro atoms. The molecule has 1 heterocycles. The minimum atomic E-state index is -0.230.